The van der Waals surface area contributed by atoms with E-state index in [0.717, 1.165) is 57.5 Å². The van der Waals surface area contributed by atoms with Crippen molar-refractivity contribution in [3.05, 3.63) is 77.5 Å². The third-order valence-electron chi connectivity index (χ3n) is 8.25. The summed E-state index contributed by atoms with van der Waals surface area (Å²) in [5.41, 5.74) is 8.59. The summed E-state index contributed by atoms with van der Waals surface area (Å²) in [6, 6.07) is 18.0. The van der Waals surface area contributed by atoms with Gasteiger partial charge in [0.15, 0.2) is 0 Å². The van der Waals surface area contributed by atoms with Crippen LogP contribution in [0.1, 0.15) is 59.5 Å². The summed E-state index contributed by atoms with van der Waals surface area (Å²) in [7, 11) is 0. The summed E-state index contributed by atoms with van der Waals surface area (Å²) in [5, 5.41) is 11.9. The molecule has 0 saturated heterocycles. The Morgan fingerprint density at radius 3 is 2.68 bits per heavy atom. The van der Waals surface area contributed by atoms with Crippen molar-refractivity contribution in [3.8, 4) is 28.4 Å². The Hall–Kier alpha value is -4.19. The number of carbonyl (C=O) groups is 1. The molecule has 0 unspecified atom stereocenters. The second-order valence-electron chi connectivity index (χ2n) is 10.5. The van der Waals surface area contributed by atoms with Gasteiger partial charge in [0.25, 0.3) is 0 Å². The molecule has 1 aliphatic carbocycles. The van der Waals surface area contributed by atoms with Gasteiger partial charge in [-0.2, -0.15) is 0 Å². The zero-order valence-corrected chi connectivity index (χ0v) is 21.4. The molecule has 0 spiro atoms. The Morgan fingerprint density at radius 1 is 1.03 bits per heavy atom. The molecule has 38 heavy (non-hydrogen) atoms. The predicted molar refractivity (Wildman–Crippen MR) is 149 cm³/mol. The fourth-order valence-corrected chi connectivity index (χ4v) is 6.48. The Labute approximate surface area is 220 Å². The van der Waals surface area contributed by atoms with Gasteiger partial charge in [-0.05, 0) is 79.3 Å². The number of nitrogens with zero attached hydrogens (tertiary/aromatic N) is 3. The van der Waals surface area contributed by atoms with Crippen molar-refractivity contribution in [2.24, 2.45) is 0 Å². The first-order chi connectivity index (χ1) is 18.6. The molecule has 0 bridgehead atoms. The maximum atomic E-state index is 11.8. The van der Waals surface area contributed by atoms with Crippen LogP contribution in [0.2, 0.25) is 0 Å². The Bertz CT molecular complexity index is 1730. The lowest BCUT2D eigenvalue weighted by Crippen LogP contribution is -2.07. The van der Waals surface area contributed by atoms with Gasteiger partial charge in [0, 0.05) is 28.0 Å². The number of hydrogen-bond donors (Lipinski definition) is 1. The van der Waals surface area contributed by atoms with Gasteiger partial charge in [-0.15, -0.1) is 0 Å². The number of rotatable bonds is 3. The van der Waals surface area contributed by atoms with Crippen LogP contribution >= 0.6 is 0 Å². The maximum absolute atomic E-state index is 11.8. The van der Waals surface area contributed by atoms with E-state index in [1.165, 1.54) is 35.9 Å². The molecule has 0 amide bonds. The second-order valence-corrected chi connectivity index (χ2v) is 10.5. The molecular formula is C32H29N3O3. The lowest BCUT2D eigenvalue weighted by atomic mass is 9.81. The summed E-state index contributed by atoms with van der Waals surface area (Å²) in [5.74, 6) is 0.409. The molecular weight excluding hydrogens is 474 g/mol. The van der Waals surface area contributed by atoms with Crippen molar-refractivity contribution in [3.63, 3.8) is 0 Å². The normalized spacial score (nSPS) is 15.6. The summed E-state index contributed by atoms with van der Waals surface area (Å²) < 4.78 is 8.74. The summed E-state index contributed by atoms with van der Waals surface area (Å²) in [6.07, 6.45) is 7.85. The number of fused-ring (bicyclic) bond motifs is 7. The Kier molecular flexibility index (Phi) is 5.43. The number of carboxylic acids is 1. The third-order valence-corrected chi connectivity index (χ3v) is 8.25. The molecule has 2 aromatic carbocycles. The number of benzene rings is 2. The van der Waals surface area contributed by atoms with Gasteiger partial charge in [-0.25, -0.2) is 9.78 Å². The van der Waals surface area contributed by atoms with E-state index < -0.39 is 5.97 Å². The highest BCUT2D eigenvalue weighted by Crippen LogP contribution is 2.48. The number of aromatic carboxylic acids is 1. The monoisotopic (exact) mass is 503 g/mol. The number of aromatic nitrogens is 3. The molecule has 4 heterocycles. The smallest absolute Gasteiger partial charge is 0.335 e. The molecule has 1 N–H and O–H groups in total. The molecule has 190 valence electrons. The molecule has 2 aliphatic rings. The number of pyridine rings is 2. The van der Waals surface area contributed by atoms with Crippen LogP contribution in [-0.2, 0) is 6.54 Å². The van der Waals surface area contributed by atoms with Crippen LogP contribution in [0.5, 0.6) is 5.75 Å². The predicted octanol–water partition coefficient (Wildman–Crippen LogP) is 7.37. The van der Waals surface area contributed by atoms with E-state index in [2.05, 4.69) is 40.7 Å². The van der Waals surface area contributed by atoms with Crippen LogP contribution < -0.4 is 4.74 Å². The summed E-state index contributed by atoms with van der Waals surface area (Å²) in [4.78, 5) is 21.4. The number of ether oxygens (including phenoxy) is 1. The highest BCUT2D eigenvalue weighted by Gasteiger charge is 2.30. The zero-order chi connectivity index (χ0) is 25.8. The minimum absolute atomic E-state index is 0.318. The lowest BCUT2D eigenvalue weighted by molar-refractivity contribution is 0.0697. The van der Waals surface area contributed by atoms with E-state index in [9.17, 15) is 9.90 Å². The molecule has 6 heteroatoms. The molecule has 1 fully saturated rings. The first kappa shape index (κ1) is 23.0. The number of carboxylic acid groups (broad SMARTS) is 1. The first-order valence-electron chi connectivity index (χ1n) is 13.5. The van der Waals surface area contributed by atoms with E-state index in [-0.39, 0.29) is 0 Å². The third kappa shape index (κ3) is 3.58. The van der Waals surface area contributed by atoms with E-state index >= 15 is 0 Å². The van der Waals surface area contributed by atoms with Gasteiger partial charge in [-0.3, -0.25) is 4.98 Å². The average Bonchev–Trinajstić information content (AvgIpc) is 3.13. The molecule has 0 radical (unpaired) electrons. The van der Waals surface area contributed by atoms with Gasteiger partial charge in [0.2, 0.25) is 0 Å². The van der Waals surface area contributed by atoms with E-state index in [1.54, 1.807) is 12.3 Å². The van der Waals surface area contributed by atoms with Gasteiger partial charge in [-0.1, -0.05) is 31.4 Å². The van der Waals surface area contributed by atoms with Gasteiger partial charge < -0.3 is 14.4 Å². The number of aryl methyl sites for hydroxylation is 1. The second kappa shape index (κ2) is 8.98. The first-order valence-corrected chi connectivity index (χ1v) is 13.5. The zero-order valence-electron chi connectivity index (χ0n) is 21.4. The average molecular weight is 504 g/mol. The highest BCUT2D eigenvalue weighted by molar-refractivity contribution is 6.01. The number of hydrogen-bond acceptors (Lipinski definition) is 4. The molecule has 3 aromatic heterocycles. The molecule has 5 aromatic rings. The lowest BCUT2D eigenvalue weighted by Gasteiger charge is -2.23. The van der Waals surface area contributed by atoms with E-state index in [1.807, 2.05) is 24.3 Å². The van der Waals surface area contributed by atoms with Crippen LogP contribution in [-0.4, -0.2) is 32.2 Å². The van der Waals surface area contributed by atoms with Gasteiger partial charge in [0.05, 0.1) is 34.7 Å². The fourth-order valence-electron chi connectivity index (χ4n) is 6.48. The van der Waals surface area contributed by atoms with Crippen molar-refractivity contribution >= 4 is 27.8 Å². The van der Waals surface area contributed by atoms with E-state index in [4.69, 9.17) is 9.72 Å². The summed E-state index contributed by atoms with van der Waals surface area (Å²) >= 11 is 0. The molecule has 6 nitrogen and oxygen atoms in total. The van der Waals surface area contributed by atoms with Crippen LogP contribution in [0.4, 0.5) is 0 Å². The van der Waals surface area contributed by atoms with E-state index in [0.29, 0.717) is 24.6 Å². The van der Waals surface area contributed by atoms with Crippen LogP contribution in [0.25, 0.3) is 44.5 Å². The Morgan fingerprint density at radius 2 is 1.87 bits per heavy atom. The van der Waals surface area contributed by atoms with Crippen LogP contribution in [0, 0.1) is 6.92 Å². The summed E-state index contributed by atoms with van der Waals surface area (Å²) in [6.45, 7) is 3.22. The van der Waals surface area contributed by atoms with Crippen LogP contribution in [0.15, 0.2) is 60.8 Å². The quantitative estimate of drug-likeness (QED) is 0.278. The standard InChI is InChI=1S/C32H29N3O3/c1-19-6-5-15-33-29(19)26-14-11-22-25(34-26)13-12-24-30-28(20-7-3-2-4-8-20)23-10-9-21(32(36)37)18-27(23)35(30)16-17-38-31(22)24/h5-6,9-15,18,20H,2-4,7-8,16-17H2,1H3,(H,36,37). The molecule has 1 saturated carbocycles. The van der Waals surface area contributed by atoms with Crippen molar-refractivity contribution in [1.82, 2.24) is 14.5 Å². The fraction of sp³-hybridized carbons (Fsp3) is 0.281. The van der Waals surface area contributed by atoms with Crippen molar-refractivity contribution in [2.45, 2.75) is 51.5 Å². The van der Waals surface area contributed by atoms with Crippen molar-refractivity contribution < 1.29 is 14.6 Å². The molecule has 1 aliphatic heterocycles. The minimum atomic E-state index is -0.900. The van der Waals surface area contributed by atoms with Crippen molar-refractivity contribution in [2.75, 3.05) is 6.61 Å². The van der Waals surface area contributed by atoms with Crippen LogP contribution in [0.3, 0.4) is 0 Å². The minimum Gasteiger partial charge on any atom is -0.490 e. The SMILES string of the molecule is Cc1cccnc1-c1ccc2c3c(ccc2n1)-c1c(C2CCCCC2)c2ccc(C(=O)O)cc2n1CCO3. The highest BCUT2D eigenvalue weighted by atomic mass is 16.5. The maximum Gasteiger partial charge on any atom is 0.335 e. The van der Waals surface area contributed by atoms with Gasteiger partial charge in [0.1, 0.15) is 12.4 Å². The Balaban J connectivity index is 1.47. The largest absolute Gasteiger partial charge is 0.490 e. The van der Waals surface area contributed by atoms with Crippen molar-refractivity contribution in [1.29, 1.82) is 0 Å². The van der Waals surface area contributed by atoms with Gasteiger partial charge >= 0.3 is 5.97 Å². The topological polar surface area (TPSA) is 77.2 Å². The molecule has 7 rings (SSSR count). The molecule has 0 atom stereocenters.